The first-order chi connectivity index (χ1) is 10.2. The Kier molecular flexibility index (Phi) is 3.66. The van der Waals surface area contributed by atoms with Crippen molar-refractivity contribution in [1.82, 2.24) is 5.16 Å². The van der Waals surface area contributed by atoms with Crippen molar-refractivity contribution in [3.05, 3.63) is 53.0 Å². The maximum absolute atomic E-state index is 5.95. The van der Waals surface area contributed by atoms with E-state index in [1.165, 1.54) is 0 Å². The number of benzene rings is 2. The molecule has 0 atom stereocenters. The van der Waals surface area contributed by atoms with E-state index in [1.54, 1.807) is 7.11 Å². The standard InChI is InChI=1S/C16H13BrN2O2/c1-20-13-4-2-3-11(9-13)15-14(16(18)21-19-15)10-5-7-12(17)8-6-10/h2-9H,18H2,1H3. The highest BCUT2D eigenvalue weighted by atomic mass is 79.9. The Hall–Kier alpha value is -2.27. The molecule has 0 fully saturated rings. The van der Waals surface area contributed by atoms with E-state index >= 15 is 0 Å². The Morgan fingerprint density at radius 2 is 1.86 bits per heavy atom. The zero-order valence-corrected chi connectivity index (χ0v) is 12.9. The number of rotatable bonds is 3. The number of anilines is 1. The molecule has 0 radical (unpaired) electrons. The molecule has 0 saturated carbocycles. The van der Waals surface area contributed by atoms with Crippen molar-refractivity contribution in [1.29, 1.82) is 0 Å². The van der Waals surface area contributed by atoms with Gasteiger partial charge in [-0.3, -0.25) is 0 Å². The van der Waals surface area contributed by atoms with Crippen LogP contribution in [0.2, 0.25) is 0 Å². The fourth-order valence-corrected chi connectivity index (χ4v) is 2.43. The molecule has 0 aliphatic heterocycles. The summed E-state index contributed by atoms with van der Waals surface area (Å²) in [6.07, 6.45) is 0. The number of ether oxygens (including phenoxy) is 1. The van der Waals surface area contributed by atoms with Gasteiger partial charge in [-0.15, -0.1) is 0 Å². The molecule has 21 heavy (non-hydrogen) atoms. The number of halogens is 1. The second-order valence-corrected chi connectivity index (χ2v) is 5.42. The van der Waals surface area contributed by atoms with Gasteiger partial charge in [0.15, 0.2) is 0 Å². The van der Waals surface area contributed by atoms with Gasteiger partial charge in [0.25, 0.3) is 0 Å². The Labute approximate surface area is 130 Å². The van der Waals surface area contributed by atoms with Crippen molar-refractivity contribution < 1.29 is 9.26 Å². The number of nitrogen functional groups attached to an aromatic ring is 1. The van der Waals surface area contributed by atoms with Crippen LogP contribution in [0, 0.1) is 0 Å². The highest BCUT2D eigenvalue weighted by Gasteiger charge is 2.17. The van der Waals surface area contributed by atoms with Gasteiger partial charge < -0.3 is 15.0 Å². The minimum atomic E-state index is 0.301. The third-order valence-electron chi connectivity index (χ3n) is 3.19. The van der Waals surface area contributed by atoms with Crippen LogP contribution in [-0.2, 0) is 0 Å². The molecule has 0 unspecified atom stereocenters. The van der Waals surface area contributed by atoms with Gasteiger partial charge in [0.05, 0.1) is 12.7 Å². The summed E-state index contributed by atoms with van der Waals surface area (Å²) in [5.74, 6) is 1.06. The molecular weight excluding hydrogens is 332 g/mol. The van der Waals surface area contributed by atoms with Crippen LogP contribution in [0.15, 0.2) is 57.5 Å². The SMILES string of the molecule is COc1cccc(-c2noc(N)c2-c2ccc(Br)cc2)c1. The Balaban J connectivity index is 2.14. The number of methoxy groups -OCH3 is 1. The highest BCUT2D eigenvalue weighted by Crippen LogP contribution is 2.37. The second kappa shape index (κ2) is 5.61. The molecule has 5 heteroatoms. The molecule has 3 rings (SSSR count). The lowest BCUT2D eigenvalue weighted by atomic mass is 10.0. The van der Waals surface area contributed by atoms with E-state index < -0.39 is 0 Å². The molecule has 1 aromatic heterocycles. The van der Waals surface area contributed by atoms with Crippen LogP contribution in [0.1, 0.15) is 0 Å². The molecule has 3 aromatic rings. The molecule has 2 N–H and O–H groups in total. The van der Waals surface area contributed by atoms with E-state index in [2.05, 4.69) is 21.1 Å². The Morgan fingerprint density at radius 3 is 2.57 bits per heavy atom. The van der Waals surface area contributed by atoms with Crippen molar-refractivity contribution in [3.8, 4) is 28.1 Å². The summed E-state index contributed by atoms with van der Waals surface area (Å²) in [7, 11) is 1.63. The fraction of sp³-hybridized carbons (Fsp3) is 0.0625. The second-order valence-electron chi connectivity index (χ2n) is 4.51. The molecule has 0 saturated heterocycles. The van der Waals surface area contributed by atoms with Gasteiger partial charge in [-0.2, -0.15) is 0 Å². The van der Waals surface area contributed by atoms with Gasteiger partial charge in [-0.25, -0.2) is 0 Å². The largest absolute Gasteiger partial charge is 0.497 e. The summed E-state index contributed by atoms with van der Waals surface area (Å²) in [4.78, 5) is 0. The average molecular weight is 345 g/mol. The molecular formula is C16H13BrN2O2. The number of aromatic nitrogens is 1. The third kappa shape index (κ3) is 2.64. The minimum absolute atomic E-state index is 0.301. The Morgan fingerprint density at radius 1 is 1.10 bits per heavy atom. The van der Waals surface area contributed by atoms with Crippen molar-refractivity contribution >= 4 is 21.8 Å². The molecule has 0 aliphatic carbocycles. The lowest BCUT2D eigenvalue weighted by Crippen LogP contribution is -1.88. The Bertz CT molecular complexity index is 766. The predicted molar refractivity (Wildman–Crippen MR) is 86.0 cm³/mol. The summed E-state index contributed by atoms with van der Waals surface area (Å²) in [6, 6.07) is 15.5. The molecule has 4 nitrogen and oxygen atoms in total. The zero-order chi connectivity index (χ0) is 14.8. The van der Waals surface area contributed by atoms with Crippen LogP contribution in [0.3, 0.4) is 0 Å². The first-order valence-corrected chi connectivity index (χ1v) is 7.14. The summed E-state index contributed by atoms with van der Waals surface area (Å²) in [6.45, 7) is 0. The van der Waals surface area contributed by atoms with E-state index in [4.69, 9.17) is 15.0 Å². The van der Waals surface area contributed by atoms with E-state index in [1.807, 2.05) is 48.5 Å². The van der Waals surface area contributed by atoms with Gasteiger partial charge in [-0.1, -0.05) is 45.4 Å². The van der Waals surface area contributed by atoms with Gasteiger partial charge in [-0.05, 0) is 29.8 Å². The zero-order valence-electron chi connectivity index (χ0n) is 11.3. The van der Waals surface area contributed by atoms with Crippen LogP contribution >= 0.6 is 15.9 Å². The predicted octanol–water partition coefficient (Wildman–Crippen LogP) is 4.36. The first kappa shape index (κ1) is 13.7. The van der Waals surface area contributed by atoms with Crippen molar-refractivity contribution in [2.75, 3.05) is 12.8 Å². The smallest absolute Gasteiger partial charge is 0.230 e. The molecule has 0 spiro atoms. The maximum atomic E-state index is 5.95. The summed E-state index contributed by atoms with van der Waals surface area (Å²) >= 11 is 3.42. The maximum Gasteiger partial charge on any atom is 0.230 e. The van der Waals surface area contributed by atoms with Crippen molar-refractivity contribution in [2.45, 2.75) is 0 Å². The van der Waals surface area contributed by atoms with Crippen LogP contribution in [0.5, 0.6) is 5.75 Å². The number of hydrogen-bond acceptors (Lipinski definition) is 4. The molecule has 0 aliphatic rings. The summed E-state index contributed by atoms with van der Waals surface area (Å²) in [5, 5.41) is 4.09. The minimum Gasteiger partial charge on any atom is -0.497 e. The summed E-state index contributed by atoms with van der Waals surface area (Å²) < 4.78 is 11.4. The highest BCUT2D eigenvalue weighted by molar-refractivity contribution is 9.10. The molecule has 0 amide bonds. The molecule has 0 bridgehead atoms. The van der Waals surface area contributed by atoms with Crippen LogP contribution in [-0.4, -0.2) is 12.3 Å². The van der Waals surface area contributed by atoms with Crippen molar-refractivity contribution in [3.63, 3.8) is 0 Å². The van der Waals surface area contributed by atoms with Crippen molar-refractivity contribution in [2.24, 2.45) is 0 Å². The van der Waals surface area contributed by atoms with Gasteiger partial charge in [0, 0.05) is 10.0 Å². The van der Waals surface area contributed by atoms with Gasteiger partial charge in [0.1, 0.15) is 11.4 Å². The normalized spacial score (nSPS) is 10.6. The van der Waals surface area contributed by atoms with E-state index in [9.17, 15) is 0 Å². The van der Waals surface area contributed by atoms with Crippen LogP contribution in [0.4, 0.5) is 5.88 Å². The lowest BCUT2D eigenvalue weighted by molar-refractivity contribution is 0.415. The molecule has 2 aromatic carbocycles. The molecule has 106 valence electrons. The van der Waals surface area contributed by atoms with E-state index in [-0.39, 0.29) is 0 Å². The summed E-state index contributed by atoms with van der Waals surface area (Å²) in [5.41, 5.74) is 9.29. The lowest BCUT2D eigenvalue weighted by Gasteiger charge is -2.05. The quantitative estimate of drug-likeness (QED) is 0.766. The van der Waals surface area contributed by atoms with E-state index in [0.717, 1.165) is 26.9 Å². The van der Waals surface area contributed by atoms with Crippen LogP contribution in [0.25, 0.3) is 22.4 Å². The van der Waals surface area contributed by atoms with Crippen LogP contribution < -0.4 is 10.5 Å². The number of hydrogen-bond donors (Lipinski definition) is 1. The molecule has 1 heterocycles. The first-order valence-electron chi connectivity index (χ1n) is 6.34. The number of nitrogens with zero attached hydrogens (tertiary/aromatic N) is 1. The average Bonchev–Trinajstić information content (AvgIpc) is 2.90. The number of nitrogens with two attached hydrogens (primary N) is 1. The monoisotopic (exact) mass is 344 g/mol. The fourth-order valence-electron chi connectivity index (χ4n) is 2.17. The topological polar surface area (TPSA) is 61.3 Å². The third-order valence-corrected chi connectivity index (χ3v) is 3.72. The van der Waals surface area contributed by atoms with E-state index in [0.29, 0.717) is 11.6 Å². The van der Waals surface area contributed by atoms with Gasteiger partial charge >= 0.3 is 0 Å². The van der Waals surface area contributed by atoms with Gasteiger partial charge in [0.2, 0.25) is 5.88 Å².